The first-order chi connectivity index (χ1) is 8.29. The quantitative estimate of drug-likeness (QED) is 0.810. The summed E-state index contributed by atoms with van der Waals surface area (Å²) in [5.74, 6) is -0.166. The highest BCUT2D eigenvalue weighted by atomic mass is 16.1. The molecule has 90 valence electrons. The lowest BCUT2D eigenvalue weighted by molar-refractivity contribution is -0.111. The van der Waals surface area contributed by atoms with Crippen LogP contribution in [0.15, 0.2) is 36.9 Å². The Labute approximate surface area is 102 Å². The molecule has 1 fully saturated rings. The highest BCUT2D eigenvalue weighted by molar-refractivity contribution is 5.99. The Morgan fingerprint density at radius 2 is 2.06 bits per heavy atom. The Bertz CT molecular complexity index is 408. The van der Waals surface area contributed by atoms with Gasteiger partial charge in [-0.3, -0.25) is 4.79 Å². The molecule has 1 aliphatic heterocycles. The highest BCUT2D eigenvalue weighted by Gasteiger charge is 2.11. The van der Waals surface area contributed by atoms with Crippen LogP contribution in [0, 0.1) is 0 Å². The van der Waals surface area contributed by atoms with Crippen LogP contribution in [0.2, 0.25) is 0 Å². The molecule has 0 bridgehead atoms. The summed E-state index contributed by atoms with van der Waals surface area (Å²) in [4.78, 5) is 13.6. The van der Waals surface area contributed by atoms with E-state index in [1.807, 2.05) is 18.2 Å². The summed E-state index contributed by atoms with van der Waals surface area (Å²) >= 11 is 0. The molecule has 1 amide bonds. The summed E-state index contributed by atoms with van der Waals surface area (Å²) in [7, 11) is 0. The Morgan fingerprint density at radius 1 is 1.29 bits per heavy atom. The predicted molar refractivity (Wildman–Crippen MR) is 71.3 cm³/mol. The van der Waals surface area contributed by atoms with Gasteiger partial charge in [0.2, 0.25) is 5.91 Å². The Kier molecular flexibility index (Phi) is 3.81. The van der Waals surface area contributed by atoms with Crippen LogP contribution in [0.4, 0.5) is 11.4 Å². The number of carbonyl (C=O) groups excluding carboxylic acids is 1. The Morgan fingerprint density at radius 3 is 2.76 bits per heavy atom. The van der Waals surface area contributed by atoms with Crippen molar-refractivity contribution in [2.75, 3.05) is 23.3 Å². The minimum absolute atomic E-state index is 0.166. The molecule has 0 atom stereocenters. The number of hydrogen-bond acceptors (Lipinski definition) is 2. The molecule has 0 aromatic heterocycles. The van der Waals surface area contributed by atoms with Gasteiger partial charge < -0.3 is 10.2 Å². The topological polar surface area (TPSA) is 32.3 Å². The first kappa shape index (κ1) is 11.7. The average molecular weight is 230 g/mol. The molecule has 0 aliphatic carbocycles. The van der Waals surface area contributed by atoms with E-state index in [1.165, 1.54) is 31.0 Å². The van der Waals surface area contributed by atoms with Gasteiger partial charge in [-0.25, -0.2) is 0 Å². The second kappa shape index (κ2) is 5.53. The maximum Gasteiger partial charge on any atom is 0.247 e. The molecule has 1 heterocycles. The van der Waals surface area contributed by atoms with E-state index in [2.05, 4.69) is 22.9 Å². The van der Waals surface area contributed by atoms with Gasteiger partial charge in [0.25, 0.3) is 0 Å². The van der Waals surface area contributed by atoms with Gasteiger partial charge in [-0.1, -0.05) is 12.6 Å². The normalized spacial score (nSPS) is 15.4. The lowest BCUT2D eigenvalue weighted by Crippen LogP contribution is -2.29. The van der Waals surface area contributed by atoms with Gasteiger partial charge in [0.1, 0.15) is 0 Å². The molecule has 17 heavy (non-hydrogen) atoms. The fraction of sp³-hybridized carbons (Fsp3) is 0.357. The molecule has 0 saturated carbocycles. The first-order valence-corrected chi connectivity index (χ1v) is 6.08. The summed E-state index contributed by atoms with van der Waals surface area (Å²) in [6.45, 7) is 5.67. The van der Waals surface area contributed by atoms with E-state index in [0.29, 0.717) is 0 Å². The van der Waals surface area contributed by atoms with Crippen LogP contribution in [-0.2, 0) is 4.79 Å². The van der Waals surface area contributed by atoms with Crippen molar-refractivity contribution < 1.29 is 4.79 Å². The van der Waals surface area contributed by atoms with Crippen LogP contribution in [0.25, 0.3) is 0 Å². The van der Waals surface area contributed by atoms with Crippen molar-refractivity contribution in [3.05, 3.63) is 36.9 Å². The van der Waals surface area contributed by atoms with Crippen molar-refractivity contribution in [2.45, 2.75) is 19.3 Å². The summed E-state index contributed by atoms with van der Waals surface area (Å²) in [5.41, 5.74) is 2.02. The number of amides is 1. The van der Waals surface area contributed by atoms with E-state index < -0.39 is 0 Å². The van der Waals surface area contributed by atoms with E-state index >= 15 is 0 Å². The van der Waals surface area contributed by atoms with Crippen LogP contribution in [0.3, 0.4) is 0 Å². The standard InChI is InChI=1S/C14H18N2O/c1-2-14(17)15-12-7-6-8-13(11-12)16-9-4-3-5-10-16/h2,6-8,11H,1,3-5,9-10H2,(H,15,17). The van der Waals surface area contributed by atoms with Gasteiger partial charge in [-0.2, -0.15) is 0 Å². The van der Waals surface area contributed by atoms with Crippen LogP contribution < -0.4 is 10.2 Å². The van der Waals surface area contributed by atoms with E-state index in [-0.39, 0.29) is 5.91 Å². The SMILES string of the molecule is C=CC(=O)Nc1cccc(N2CCCCC2)c1. The van der Waals surface area contributed by atoms with Crippen LogP contribution in [-0.4, -0.2) is 19.0 Å². The molecule has 1 aromatic rings. The van der Waals surface area contributed by atoms with E-state index in [1.54, 1.807) is 0 Å². The Balaban J connectivity index is 2.10. The maximum absolute atomic E-state index is 11.2. The number of anilines is 2. The minimum atomic E-state index is -0.166. The lowest BCUT2D eigenvalue weighted by Gasteiger charge is -2.29. The third kappa shape index (κ3) is 3.09. The summed E-state index contributed by atoms with van der Waals surface area (Å²) in [6, 6.07) is 7.99. The summed E-state index contributed by atoms with van der Waals surface area (Å²) in [5, 5.41) is 2.79. The molecule has 1 aliphatic rings. The van der Waals surface area contributed by atoms with Gasteiger partial charge in [-0.05, 0) is 43.5 Å². The number of nitrogens with one attached hydrogen (secondary N) is 1. The third-order valence-electron chi connectivity index (χ3n) is 3.02. The molecular weight excluding hydrogens is 212 g/mol. The predicted octanol–water partition coefficient (Wildman–Crippen LogP) is 2.80. The molecule has 2 rings (SSSR count). The lowest BCUT2D eigenvalue weighted by atomic mass is 10.1. The number of rotatable bonds is 3. The van der Waals surface area contributed by atoms with Crippen molar-refractivity contribution in [1.29, 1.82) is 0 Å². The highest BCUT2D eigenvalue weighted by Crippen LogP contribution is 2.22. The van der Waals surface area contributed by atoms with Gasteiger partial charge in [0.05, 0.1) is 0 Å². The average Bonchev–Trinajstić information content (AvgIpc) is 2.40. The fourth-order valence-electron chi connectivity index (χ4n) is 2.13. The molecule has 0 radical (unpaired) electrons. The van der Waals surface area contributed by atoms with Crippen LogP contribution >= 0.6 is 0 Å². The van der Waals surface area contributed by atoms with E-state index in [0.717, 1.165) is 18.8 Å². The number of hydrogen-bond donors (Lipinski definition) is 1. The number of nitrogens with zero attached hydrogens (tertiary/aromatic N) is 1. The molecule has 1 saturated heterocycles. The summed E-state index contributed by atoms with van der Waals surface area (Å²) < 4.78 is 0. The van der Waals surface area contributed by atoms with Crippen molar-refractivity contribution in [3.63, 3.8) is 0 Å². The van der Waals surface area contributed by atoms with Crippen molar-refractivity contribution in [3.8, 4) is 0 Å². The van der Waals surface area contributed by atoms with Gasteiger partial charge in [0.15, 0.2) is 0 Å². The third-order valence-corrected chi connectivity index (χ3v) is 3.02. The van der Waals surface area contributed by atoms with E-state index in [9.17, 15) is 4.79 Å². The maximum atomic E-state index is 11.2. The smallest absolute Gasteiger partial charge is 0.247 e. The second-order valence-corrected chi connectivity index (χ2v) is 4.29. The number of benzene rings is 1. The molecule has 0 spiro atoms. The molecule has 1 N–H and O–H groups in total. The van der Waals surface area contributed by atoms with Crippen molar-refractivity contribution in [2.24, 2.45) is 0 Å². The molecule has 0 unspecified atom stereocenters. The molecule has 3 nitrogen and oxygen atoms in total. The first-order valence-electron chi connectivity index (χ1n) is 6.08. The number of carbonyl (C=O) groups is 1. The molecule has 3 heteroatoms. The fourth-order valence-corrected chi connectivity index (χ4v) is 2.13. The largest absolute Gasteiger partial charge is 0.371 e. The van der Waals surface area contributed by atoms with Crippen LogP contribution in [0.1, 0.15) is 19.3 Å². The Hall–Kier alpha value is -1.77. The van der Waals surface area contributed by atoms with Gasteiger partial charge in [-0.15, -0.1) is 0 Å². The zero-order valence-electron chi connectivity index (χ0n) is 9.98. The molecule has 1 aromatic carbocycles. The van der Waals surface area contributed by atoms with E-state index in [4.69, 9.17) is 0 Å². The summed E-state index contributed by atoms with van der Waals surface area (Å²) in [6.07, 6.45) is 5.11. The van der Waals surface area contributed by atoms with Crippen molar-refractivity contribution in [1.82, 2.24) is 0 Å². The second-order valence-electron chi connectivity index (χ2n) is 4.29. The molecular formula is C14H18N2O. The number of piperidine rings is 1. The monoisotopic (exact) mass is 230 g/mol. The van der Waals surface area contributed by atoms with Crippen molar-refractivity contribution >= 4 is 17.3 Å². The van der Waals surface area contributed by atoms with Crippen LogP contribution in [0.5, 0.6) is 0 Å². The minimum Gasteiger partial charge on any atom is -0.371 e. The van der Waals surface area contributed by atoms with Gasteiger partial charge in [0, 0.05) is 24.5 Å². The zero-order chi connectivity index (χ0) is 12.1. The van der Waals surface area contributed by atoms with Gasteiger partial charge >= 0.3 is 0 Å². The zero-order valence-corrected chi connectivity index (χ0v) is 9.98.